The minimum absolute atomic E-state index is 0.374. The van der Waals surface area contributed by atoms with E-state index in [0.717, 1.165) is 43.4 Å². The molecule has 1 aromatic heterocycles. The molecule has 1 unspecified atom stereocenters. The molecule has 0 aromatic carbocycles. The predicted octanol–water partition coefficient (Wildman–Crippen LogP) is 1.06. The molecule has 3 fully saturated rings. The van der Waals surface area contributed by atoms with Crippen molar-refractivity contribution in [2.24, 2.45) is 0 Å². The molecule has 0 radical (unpaired) electrons. The van der Waals surface area contributed by atoms with Gasteiger partial charge in [0.1, 0.15) is 11.6 Å². The Bertz CT molecular complexity index is 465. The van der Waals surface area contributed by atoms with Gasteiger partial charge in [0.15, 0.2) is 0 Å². The SMILES string of the molecule is CCc1c(C)nc(C2CN3CCN2CC3)nc1NC. The van der Waals surface area contributed by atoms with Crippen LogP contribution >= 0.6 is 0 Å². The van der Waals surface area contributed by atoms with Crippen molar-refractivity contribution < 1.29 is 0 Å². The molecule has 1 atom stereocenters. The van der Waals surface area contributed by atoms with Gasteiger partial charge < -0.3 is 5.32 Å². The molecule has 0 spiro atoms. The van der Waals surface area contributed by atoms with Gasteiger partial charge in [0.25, 0.3) is 0 Å². The van der Waals surface area contributed by atoms with Gasteiger partial charge in [-0.2, -0.15) is 0 Å². The zero-order valence-electron chi connectivity index (χ0n) is 12.1. The van der Waals surface area contributed by atoms with Gasteiger partial charge in [-0.1, -0.05) is 6.92 Å². The standard InChI is InChI=1S/C14H23N5/c1-4-11-10(2)16-14(17-13(11)15-3)12-9-18-5-7-19(12)8-6-18/h12H,4-9H2,1-3H3,(H,15,16,17). The molecule has 3 aliphatic rings. The maximum Gasteiger partial charge on any atom is 0.149 e. The Morgan fingerprint density at radius 1 is 1.21 bits per heavy atom. The van der Waals surface area contributed by atoms with Crippen LogP contribution in [0.3, 0.4) is 0 Å². The number of aromatic nitrogens is 2. The normalized spacial score (nSPS) is 29.5. The molecule has 3 aliphatic heterocycles. The molecule has 5 nitrogen and oxygen atoms in total. The molecule has 0 saturated carbocycles. The molecule has 0 aliphatic carbocycles. The largest absolute Gasteiger partial charge is 0.373 e. The number of anilines is 1. The number of aryl methyl sites for hydroxylation is 1. The molecule has 1 N–H and O–H groups in total. The Kier molecular flexibility index (Phi) is 3.41. The summed E-state index contributed by atoms with van der Waals surface area (Å²) in [5.74, 6) is 1.99. The topological polar surface area (TPSA) is 44.3 Å². The van der Waals surface area contributed by atoms with Gasteiger partial charge in [-0.15, -0.1) is 0 Å². The summed E-state index contributed by atoms with van der Waals surface area (Å²) >= 11 is 0. The van der Waals surface area contributed by atoms with Crippen LogP contribution in [0.4, 0.5) is 5.82 Å². The molecule has 1 aromatic rings. The van der Waals surface area contributed by atoms with Crippen molar-refractivity contribution in [3.05, 3.63) is 17.1 Å². The second-order valence-corrected chi connectivity index (χ2v) is 5.45. The van der Waals surface area contributed by atoms with Crippen molar-refractivity contribution in [1.29, 1.82) is 0 Å². The summed E-state index contributed by atoms with van der Waals surface area (Å²) in [4.78, 5) is 14.6. The highest BCUT2D eigenvalue weighted by Crippen LogP contribution is 2.28. The number of fused-ring (bicyclic) bond motifs is 3. The number of hydrogen-bond acceptors (Lipinski definition) is 5. The van der Waals surface area contributed by atoms with Crippen molar-refractivity contribution in [1.82, 2.24) is 19.8 Å². The number of nitrogens with one attached hydrogen (secondary N) is 1. The Hall–Kier alpha value is -1.20. The van der Waals surface area contributed by atoms with E-state index in [1.54, 1.807) is 0 Å². The van der Waals surface area contributed by atoms with Gasteiger partial charge >= 0.3 is 0 Å². The van der Waals surface area contributed by atoms with Gasteiger partial charge in [0, 0.05) is 51.0 Å². The monoisotopic (exact) mass is 261 g/mol. The quantitative estimate of drug-likeness (QED) is 0.881. The van der Waals surface area contributed by atoms with Crippen LogP contribution in [0.1, 0.15) is 30.0 Å². The van der Waals surface area contributed by atoms with Crippen LogP contribution in [0.15, 0.2) is 0 Å². The number of rotatable bonds is 3. The third kappa shape index (κ3) is 2.21. The van der Waals surface area contributed by atoms with Gasteiger partial charge in [-0.05, 0) is 13.3 Å². The maximum absolute atomic E-state index is 4.78. The first-order valence-corrected chi connectivity index (χ1v) is 7.24. The summed E-state index contributed by atoms with van der Waals surface area (Å²) < 4.78 is 0. The average Bonchev–Trinajstić information content (AvgIpc) is 2.47. The van der Waals surface area contributed by atoms with Crippen molar-refractivity contribution in [3.63, 3.8) is 0 Å². The molecule has 0 amide bonds. The second kappa shape index (κ2) is 5.06. The summed E-state index contributed by atoms with van der Waals surface area (Å²) in [7, 11) is 1.95. The van der Waals surface area contributed by atoms with E-state index in [0.29, 0.717) is 6.04 Å². The first-order valence-electron chi connectivity index (χ1n) is 7.24. The predicted molar refractivity (Wildman–Crippen MR) is 76.4 cm³/mol. The van der Waals surface area contributed by atoms with E-state index in [2.05, 4.69) is 29.0 Å². The highest BCUT2D eigenvalue weighted by molar-refractivity contribution is 5.46. The molecule has 5 heteroatoms. The zero-order valence-corrected chi connectivity index (χ0v) is 12.1. The third-order valence-corrected chi connectivity index (χ3v) is 4.40. The fourth-order valence-electron chi connectivity index (χ4n) is 3.26. The van der Waals surface area contributed by atoms with E-state index in [-0.39, 0.29) is 0 Å². The number of nitrogens with zero attached hydrogens (tertiary/aromatic N) is 4. The van der Waals surface area contributed by atoms with Crippen LogP contribution < -0.4 is 5.32 Å². The first kappa shape index (κ1) is 12.8. The minimum atomic E-state index is 0.374. The lowest BCUT2D eigenvalue weighted by Gasteiger charge is -2.46. The van der Waals surface area contributed by atoms with Gasteiger partial charge in [0.05, 0.1) is 6.04 Å². The van der Waals surface area contributed by atoms with Crippen LogP contribution in [-0.4, -0.2) is 59.5 Å². The summed E-state index contributed by atoms with van der Waals surface area (Å²) in [5.41, 5.74) is 2.36. The Morgan fingerprint density at radius 2 is 1.95 bits per heavy atom. The molecule has 2 bridgehead atoms. The average molecular weight is 261 g/mol. The molecule has 19 heavy (non-hydrogen) atoms. The lowest BCUT2D eigenvalue weighted by atomic mass is 10.1. The molecule has 104 valence electrons. The fourth-order valence-corrected chi connectivity index (χ4v) is 3.26. The van der Waals surface area contributed by atoms with Crippen LogP contribution in [0.25, 0.3) is 0 Å². The third-order valence-electron chi connectivity index (χ3n) is 4.40. The lowest BCUT2D eigenvalue weighted by molar-refractivity contribution is 0.00863. The molecule has 3 saturated heterocycles. The minimum Gasteiger partial charge on any atom is -0.373 e. The molecule has 4 heterocycles. The number of hydrogen-bond donors (Lipinski definition) is 1. The van der Waals surface area contributed by atoms with E-state index in [4.69, 9.17) is 9.97 Å². The van der Waals surface area contributed by atoms with Gasteiger partial charge in [-0.25, -0.2) is 9.97 Å². The van der Waals surface area contributed by atoms with Crippen molar-refractivity contribution in [2.45, 2.75) is 26.3 Å². The molecular weight excluding hydrogens is 238 g/mol. The van der Waals surface area contributed by atoms with E-state index < -0.39 is 0 Å². The fraction of sp³-hybridized carbons (Fsp3) is 0.714. The van der Waals surface area contributed by atoms with Gasteiger partial charge in [0.2, 0.25) is 0 Å². The second-order valence-electron chi connectivity index (χ2n) is 5.45. The summed E-state index contributed by atoms with van der Waals surface area (Å²) in [6.07, 6.45) is 0.975. The van der Waals surface area contributed by atoms with Crippen LogP contribution in [-0.2, 0) is 6.42 Å². The van der Waals surface area contributed by atoms with Gasteiger partial charge in [-0.3, -0.25) is 9.80 Å². The Labute approximate surface area is 115 Å². The highest BCUT2D eigenvalue weighted by Gasteiger charge is 2.34. The molecule has 4 rings (SSSR count). The van der Waals surface area contributed by atoms with Crippen molar-refractivity contribution >= 4 is 5.82 Å². The Balaban J connectivity index is 1.95. The van der Waals surface area contributed by atoms with E-state index in [9.17, 15) is 0 Å². The summed E-state index contributed by atoms with van der Waals surface area (Å²) in [5, 5.41) is 3.23. The molecular formula is C14H23N5. The van der Waals surface area contributed by atoms with E-state index >= 15 is 0 Å². The summed E-state index contributed by atoms with van der Waals surface area (Å²) in [6, 6.07) is 0.374. The first-order chi connectivity index (χ1) is 9.22. The zero-order chi connectivity index (χ0) is 13.4. The van der Waals surface area contributed by atoms with Crippen LogP contribution in [0.5, 0.6) is 0 Å². The van der Waals surface area contributed by atoms with Crippen molar-refractivity contribution in [2.75, 3.05) is 45.1 Å². The van der Waals surface area contributed by atoms with E-state index in [1.165, 1.54) is 18.7 Å². The summed E-state index contributed by atoms with van der Waals surface area (Å²) in [6.45, 7) is 10.0. The maximum atomic E-state index is 4.78. The highest BCUT2D eigenvalue weighted by atomic mass is 15.4. The van der Waals surface area contributed by atoms with Crippen LogP contribution in [0, 0.1) is 6.92 Å². The lowest BCUT2D eigenvalue weighted by Crippen LogP contribution is -2.57. The van der Waals surface area contributed by atoms with E-state index in [1.807, 2.05) is 7.05 Å². The van der Waals surface area contributed by atoms with Crippen molar-refractivity contribution in [3.8, 4) is 0 Å². The van der Waals surface area contributed by atoms with Crippen LogP contribution in [0.2, 0.25) is 0 Å². The Morgan fingerprint density at radius 3 is 2.47 bits per heavy atom. The smallest absolute Gasteiger partial charge is 0.149 e. The number of piperazine rings is 3.